The lowest BCUT2D eigenvalue weighted by molar-refractivity contribution is 0.0926. The van der Waals surface area contributed by atoms with Gasteiger partial charge in [0.25, 0.3) is 11.8 Å². The molecule has 52 heavy (non-hydrogen) atoms. The second-order valence-electron chi connectivity index (χ2n) is 12.6. The van der Waals surface area contributed by atoms with Crippen LogP contribution in [0, 0.1) is 17.9 Å². The summed E-state index contributed by atoms with van der Waals surface area (Å²) in [5, 5.41) is 11.8. The van der Waals surface area contributed by atoms with Crippen molar-refractivity contribution in [2.45, 2.75) is 0 Å². The first-order chi connectivity index (χ1) is 25.6. The van der Waals surface area contributed by atoms with Gasteiger partial charge in [0.15, 0.2) is 5.69 Å². The third kappa shape index (κ3) is 4.71. The standard InChI is InChI=1S/C46H26N4O2/c1-48-40-19-8-7-17-36(40)32-22-24-38-37-23-21-31(35-16-6-5-13-33(35)28-47)26-42(37)50(43(38)27-32)41-20-10-18-39-44(41)46(52)49(45(39)51)34-15-9-14-30(25-34)29-11-3-2-4-12-29/h2-27H. The van der Waals surface area contributed by atoms with Gasteiger partial charge >= 0.3 is 0 Å². The smallest absolute Gasteiger partial charge is 0.268 e. The molecule has 6 nitrogen and oxygen atoms in total. The molecule has 0 atom stereocenters. The average molecular weight is 667 g/mol. The number of carbonyl (C=O) groups excluding carboxylic acids is 2. The number of rotatable bonds is 5. The van der Waals surface area contributed by atoms with Gasteiger partial charge < -0.3 is 4.57 Å². The van der Waals surface area contributed by atoms with Gasteiger partial charge in [0.2, 0.25) is 0 Å². The normalized spacial score (nSPS) is 12.2. The Hall–Kier alpha value is -7.54. The van der Waals surface area contributed by atoms with Crippen molar-refractivity contribution in [1.29, 1.82) is 5.26 Å². The molecule has 1 aromatic heterocycles. The summed E-state index contributed by atoms with van der Waals surface area (Å²) >= 11 is 0. The summed E-state index contributed by atoms with van der Waals surface area (Å²) in [6.45, 7) is 7.80. The molecular weight excluding hydrogens is 641 g/mol. The third-order valence-corrected chi connectivity index (χ3v) is 9.81. The van der Waals surface area contributed by atoms with E-state index in [-0.39, 0.29) is 5.91 Å². The van der Waals surface area contributed by atoms with E-state index in [1.807, 2.05) is 138 Å². The molecule has 242 valence electrons. The number of hydrogen-bond acceptors (Lipinski definition) is 3. The van der Waals surface area contributed by atoms with Gasteiger partial charge in [-0.15, -0.1) is 0 Å². The Balaban J connectivity index is 1.29. The molecule has 2 amide bonds. The molecule has 0 spiro atoms. The molecule has 9 rings (SSSR count). The molecule has 0 aliphatic carbocycles. The minimum Gasteiger partial charge on any atom is -0.308 e. The molecule has 8 aromatic rings. The molecule has 6 heteroatoms. The highest BCUT2D eigenvalue weighted by Crippen LogP contribution is 2.42. The van der Waals surface area contributed by atoms with Gasteiger partial charge in [-0.25, -0.2) is 9.74 Å². The molecule has 7 aromatic carbocycles. The van der Waals surface area contributed by atoms with Crippen LogP contribution >= 0.6 is 0 Å². The quantitative estimate of drug-likeness (QED) is 0.136. The monoisotopic (exact) mass is 666 g/mol. The van der Waals surface area contributed by atoms with Crippen molar-refractivity contribution in [3.8, 4) is 45.1 Å². The lowest BCUT2D eigenvalue weighted by Gasteiger charge is -2.16. The highest BCUT2D eigenvalue weighted by Gasteiger charge is 2.39. The maximum atomic E-state index is 14.6. The first-order valence-corrected chi connectivity index (χ1v) is 16.8. The van der Waals surface area contributed by atoms with Crippen molar-refractivity contribution in [2.75, 3.05) is 4.90 Å². The highest BCUT2D eigenvalue weighted by molar-refractivity contribution is 6.36. The summed E-state index contributed by atoms with van der Waals surface area (Å²) in [5.74, 6) is -0.792. The molecule has 1 aliphatic heterocycles. The van der Waals surface area contributed by atoms with Gasteiger partial charge in [0.05, 0.1) is 51.7 Å². The van der Waals surface area contributed by atoms with E-state index in [1.165, 1.54) is 4.90 Å². The summed E-state index contributed by atoms with van der Waals surface area (Å²) in [6, 6.07) is 52.2. The van der Waals surface area contributed by atoms with Gasteiger partial charge in [-0.1, -0.05) is 115 Å². The Morgan fingerprint density at radius 2 is 1.15 bits per heavy atom. The fraction of sp³-hybridized carbons (Fsp3) is 0. The van der Waals surface area contributed by atoms with Crippen LogP contribution in [0.15, 0.2) is 158 Å². The first kappa shape index (κ1) is 30.5. The Labute approximate surface area is 299 Å². The number of benzene rings is 7. The zero-order valence-electron chi connectivity index (χ0n) is 27.6. The zero-order valence-corrected chi connectivity index (χ0v) is 27.6. The summed E-state index contributed by atoms with van der Waals surface area (Å²) < 4.78 is 2.04. The van der Waals surface area contributed by atoms with Crippen LogP contribution in [0.1, 0.15) is 26.3 Å². The number of nitrogens with zero attached hydrogens (tertiary/aromatic N) is 4. The number of imide groups is 1. The third-order valence-electron chi connectivity index (χ3n) is 9.81. The minimum absolute atomic E-state index is 0.311. The average Bonchev–Trinajstić information content (AvgIpc) is 3.67. The van der Waals surface area contributed by atoms with Crippen LogP contribution in [0.3, 0.4) is 0 Å². The summed E-state index contributed by atoms with van der Waals surface area (Å²) in [4.78, 5) is 33.8. The second-order valence-corrected chi connectivity index (χ2v) is 12.6. The van der Waals surface area contributed by atoms with Crippen molar-refractivity contribution in [1.82, 2.24) is 4.57 Å². The van der Waals surface area contributed by atoms with Crippen molar-refractivity contribution >= 4 is 45.0 Å². The summed E-state index contributed by atoms with van der Waals surface area (Å²) in [6.07, 6.45) is 0. The van der Waals surface area contributed by atoms with Crippen LogP contribution in [-0.4, -0.2) is 16.4 Å². The molecule has 1 aliphatic rings. The van der Waals surface area contributed by atoms with Crippen LogP contribution in [0.25, 0.3) is 65.7 Å². The van der Waals surface area contributed by atoms with Crippen LogP contribution in [-0.2, 0) is 0 Å². The number of amides is 2. The Bertz CT molecular complexity index is 2760. The number of nitriles is 1. The number of anilines is 1. The Kier molecular flexibility index (Phi) is 7.10. The highest BCUT2D eigenvalue weighted by atomic mass is 16.2. The number of hydrogen-bond donors (Lipinski definition) is 0. The molecule has 0 bridgehead atoms. The van der Waals surface area contributed by atoms with Crippen LogP contribution in [0.4, 0.5) is 11.4 Å². The van der Waals surface area contributed by atoms with Crippen LogP contribution in [0.5, 0.6) is 0 Å². The molecule has 0 saturated carbocycles. The molecule has 0 saturated heterocycles. The van der Waals surface area contributed by atoms with Crippen LogP contribution in [0.2, 0.25) is 0 Å². The SMILES string of the molecule is [C-]#[N+]c1ccccc1-c1ccc2c3ccc(-c4ccccc4C#N)cc3n(-c3cccc4c3C(=O)N(c3cccc(-c5ccccc5)c3)C4=O)c2c1. The van der Waals surface area contributed by atoms with E-state index in [2.05, 4.69) is 10.9 Å². The predicted octanol–water partition coefficient (Wildman–Crippen LogP) is 11.0. The fourth-order valence-electron chi connectivity index (χ4n) is 7.40. The van der Waals surface area contributed by atoms with E-state index >= 15 is 0 Å². The Morgan fingerprint density at radius 1 is 0.538 bits per heavy atom. The fourth-order valence-corrected chi connectivity index (χ4v) is 7.40. The van der Waals surface area contributed by atoms with Crippen LogP contribution < -0.4 is 4.90 Å². The molecule has 0 N–H and O–H groups in total. The second kappa shape index (κ2) is 12.1. The van der Waals surface area contributed by atoms with E-state index in [0.29, 0.717) is 33.8 Å². The van der Waals surface area contributed by atoms with Gasteiger partial charge in [0.1, 0.15) is 0 Å². The molecular formula is C46H26N4O2. The summed E-state index contributed by atoms with van der Waals surface area (Å²) in [5.41, 5.74) is 9.60. The summed E-state index contributed by atoms with van der Waals surface area (Å²) in [7, 11) is 0. The number of fused-ring (bicyclic) bond motifs is 4. The van der Waals surface area contributed by atoms with E-state index < -0.39 is 5.91 Å². The number of aromatic nitrogens is 1. The van der Waals surface area contributed by atoms with Crippen molar-refractivity contribution < 1.29 is 9.59 Å². The number of para-hydroxylation sites is 1. The van der Waals surface area contributed by atoms with Gasteiger partial charge in [0, 0.05) is 10.8 Å². The largest absolute Gasteiger partial charge is 0.308 e. The maximum absolute atomic E-state index is 14.6. The lowest BCUT2D eigenvalue weighted by atomic mass is 9.98. The molecule has 2 heterocycles. The molecule has 0 radical (unpaired) electrons. The van der Waals surface area contributed by atoms with Crippen molar-refractivity contribution in [3.63, 3.8) is 0 Å². The minimum atomic E-state index is -0.406. The Morgan fingerprint density at radius 3 is 1.88 bits per heavy atom. The van der Waals surface area contributed by atoms with Gasteiger partial charge in [-0.05, 0) is 75.8 Å². The first-order valence-electron chi connectivity index (χ1n) is 16.8. The van der Waals surface area contributed by atoms with E-state index in [0.717, 1.165) is 55.2 Å². The van der Waals surface area contributed by atoms with Gasteiger partial charge in [-0.3, -0.25) is 9.59 Å². The van der Waals surface area contributed by atoms with Crippen molar-refractivity contribution in [2.24, 2.45) is 0 Å². The maximum Gasteiger partial charge on any atom is 0.268 e. The van der Waals surface area contributed by atoms with E-state index in [9.17, 15) is 14.9 Å². The zero-order chi connectivity index (χ0) is 35.3. The van der Waals surface area contributed by atoms with Crippen molar-refractivity contribution in [3.05, 3.63) is 186 Å². The molecule has 0 fully saturated rings. The lowest BCUT2D eigenvalue weighted by Crippen LogP contribution is -2.29. The van der Waals surface area contributed by atoms with E-state index in [4.69, 9.17) is 6.57 Å². The van der Waals surface area contributed by atoms with Gasteiger partial charge in [-0.2, -0.15) is 5.26 Å². The predicted molar refractivity (Wildman–Crippen MR) is 206 cm³/mol. The van der Waals surface area contributed by atoms with E-state index in [1.54, 1.807) is 24.3 Å². The molecule has 0 unspecified atom stereocenters. The number of carbonyl (C=O) groups is 2. The topological polar surface area (TPSA) is 70.5 Å².